The van der Waals surface area contributed by atoms with Gasteiger partial charge >= 0.3 is 5.97 Å². The Balaban J connectivity index is 1.41. The van der Waals surface area contributed by atoms with Gasteiger partial charge in [0.1, 0.15) is 6.10 Å². The highest BCUT2D eigenvalue weighted by Crippen LogP contribution is 2.31. The summed E-state index contributed by atoms with van der Waals surface area (Å²) < 4.78 is 5.98. The monoisotopic (exact) mass is 294 g/mol. The van der Waals surface area contributed by atoms with Crippen LogP contribution in [0.2, 0.25) is 0 Å². The number of ether oxygens (including phenoxy) is 1. The van der Waals surface area contributed by atoms with Gasteiger partial charge in [0.15, 0.2) is 0 Å². The van der Waals surface area contributed by atoms with Crippen molar-refractivity contribution in [2.45, 2.75) is 31.8 Å². The maximum Gasteiger partial charge on any atom is 0.310 e. The summed E-state index contributed by atoms with van der Waals surface area (Å²) in [7, 11) is 0. The van der Waals surface area contributed by atoms with E-state index in [-0.39, 0.29) is 18.0 Å². The van der Waals surface area contributed by atoms with Gasteiger partial charge < -0.3 is 4.74 Å². The van der Waals surface area contributed by atoms with Gasteiger partial charge in [0, 0.05) is 32.7 Å². The molecule has 2 N–H and O–H groups in total. The zero-order valence-corrected chi connectivity index (χ0v) is 12.6. The molecule has 0 aromatic carbocycles. The average molecular weight is 294 g/mol. The number of hydrogen-bond donors (Lipinski definition) is 2. The lowest BCUT2D eigenvalue weighted by Crippen LogP contribution is -2.50. The molecule has 6 fully saturated rings. The smallest absolute Gasteiger partial charge is 0.310 e. The Hall–Kier alpha value is -0.690. The van der Waals surface area contributed by atoms with Gasteiger partial charge in [-0.25, -0.2) is 10.0 Å². The van der Waals surface area contributed by atoms with Gasteiger partial charge in [0.05, 0.1) is 12.5 Å². The fraction of sp³-hybridized carbons (Fsp3) is 0.933. The van der Waals surface area contributed by atoms with E-state index >= 15 is 0 Å². The molecular weight excluding hydrogens is 268 g/mol. The van der Waals surface area contributed by atoms with Crippen LogP contribution in [-0.2, 0) is 9.53 Å². The Bertz CT molecular complexity index is 397. The fourth-order valence-electron chi connectivity index (χ4n) is 4.38. The van der Waals surface area contributed by atoms with Gasteiger partial charge in [-0.1, -0.05) is 0 Å². The minimum absolute atomic E-state index is 0.0483. The summed E-state index contributed by atoms with van der Waals surface area (Å²) in [5, 5.41) is 4.44. The first-order chi connectivity index (χ1) is 10.3. The van der Waals surface area contributed by atoms with E-state index in [4.69, 9.17) is 4.74 Å². The van der Waals surface area contributed by atoms with Crippen molar-refractivity contribution < 1.29 is 9.53 Å². The first-order valence-corrected chi connectivity index (χ1v) is 8.47. The molecule has 6 unspecified atom stereocenters. The van der Waals surface area contributed by atoms with Crippen LogP contribution in [0, 0.1) is 17.8 Å². The molecule has 118 valence electrons. The Morgan fingerprint density at radius 2 is 1.57 bits per heavy atom. The fourth-order valence-corrected chi connectivity index (χ4v) is 4.38. The van der Waals surface area contributed by atoms with E-state index < -0.39 is 0 Å². The number of nitrogens with one attached hydrogen (secondary N) is 2. The molecule has 6 heterocycles. The number of carbonyl (C=O) groups excluding carboxylic acids is 1. The van der Waals surface area contributed by atoms with Crippen LogP contribution in [0.5, 0.6) is 0 Å². The number of carbonyl (C=O) groups is 1. The molecular formula is C15H26N4O2. The second kappa shape index (κ2) is 5.83. The predicted octanol–water partition coefficient (Wildman–Crippen LogP) is -0.0252. The van der Waals surface area contributed by atoms with Crippen molar-refractivity contribution in [2.75, 3.05) is 39.3 Å². The van der Waals surface area contributed by atoms with Crippen LogP contribution < -0.4 is 10.9 Å². The number of hydrazine groups is 2. The Labute approximate surface area is 126 Å². The maximum atomic E-state index is 12.7. The van der Waals surface area contributed by atoms with E-state index in [2.05, 4.69) is 20.9 Å². The van der Waals surface area contributed by atoms with Crippen LogP contribution in [0.25, 0.3) is 0 Å². The Kier molecular flexibility index (Phi) is 3.87. The van der Waals surface area contributed by atoms with Gasteiger partial charge in [-0.05, 0) is 37.5 Å². The first kappa shape index (κ1) is 13.9. The summed E-state index contributed by atoms with van der Waals surface area (Å²) in [6, 6.07) is 0. The molecule has 0 aromatic heterocycles. The summed E-state index contributed by atoms with van der Waals surface area (Å²) in [4.78, 5) is 12.7. The number of fused-ring (bicyclic) bond motifs is 8. The van der Waals surface area contributed by atoms with Crippen molar-refractivity contribution in [3.8, 4) is 0 Å². The highest BCUT2D eigenvalue weighted by atomic mass is 16.5. The second-order valence-electron chi connectivity index (χ2n) is 6.96. The Morgan fingerprint density at radius 1 is 0.905 bits per heavy atom. The normalized spacial score (nSPS) is 45.9. The maximum absolute atomic E-state index is 12.7. The van der Waals surface area contributed by atoms with E-state index in [0.29, 0.717) is 11.8 Å². The van der Waals surface area contributed by atoms with Crippen molar-refractivity contribution in [3.05, 3.63) is 0 Å². The molecule has 0 radical (unpaired) electrons. The molecule has 6 atom stereocenters. The standard InChI is InChI=1S/C15H26N4O2/c20-15(13-9-18-7-3-11(13)1-5-16-18)21-14-10-19-8-4-12(14)2-6-17-19/h11-14,16-17H,1-10H2. The van der Waals surface area contributed by atoms with Gasteiger partial charge in [-0.2, -0.15) is 0 Å². The molecule has 21 heavy (non-hydrogen) atoms. The van der Waals surface area contributed by atoms with Crippen LogP contribution in [0.1, 0.15) is 25.7 Å². The summed E-state index contributed by atoms with van der Waals surface area (Å²) in [6.07, 6.45) is 4.57. The predicted molar refractivity (Wildman–Crippen MR) is 78.0 cm³/mol. The SMILES string of the molecule is O=C(OC1CN2CCC1CCN2)C1CN2CCC1CCN2. The van der Waals surface area contributed by atoms with Crippen molar-refractivity contribution in [1.29, 1.82) is 0 Å². The lowest BCUT2D eigenvalue weighted by molar-refractivity contribution is -0.164. The molecule has 6 saturated heterocycles. The van der Waals surface area contributed by atoms with Crippen molar-refractivity contribution in [2.24, 2.45) is 17.8 Å². The van der Waals surface area contributed by atoms with Gasteiger partial charge in [-0.3, -0.25) is 15.6 Å². The zero-order chi connectivity index (χ0) is 14.2. The number of esters is 1. The number of nitrogens with zero attached hydrogens (tertiary/aromatic N) is 2. The number of piperidine rings is 2. The lowest BCUT2D eigenvalue weighted by Gasteiger charge is -2.37. The topological polar surface area (TPSA) is 56.8 Å². The third-order valence-corrected chi connectivity index (χ3v) is 5.72. The summed E-state index contributed by atoms with van der Waals surface area (Å²) in [6.45, 7) is 5.85. The minimum Gasteiger partial charge on any atom is -0.460 e. The third-order valence-electron chi connectivity index (χ3n) is 5.72. The average Bonchev–Trinajstić information content (AvgIpc) is 3.00. The van der Waals surface area contributed by atoms with Crippen LogP contribution in [0.3, 0.4) is 0 Å². The van der Waals surface area contributed by atoms with Gasteiger partial charge in [0.2, 0.25) is 0 Å². The molecule has 4 bridgehead atoms. The second-order valence-corrected chi connectivity index (χ2v) is 6.96. The largest absolute Gasteiger partial charge is 0.460 e. The van der Waals surface area contributed by atoms with Crippen LogP contribution in [0.15, 0.2) is 0 Å². The molecule has 0 amide bonds. The van der Waals surface area contributed by atoms with Crippen LogP contribution in [0.4, 0.5) is 0 Å². The number of rotatable bonds is 2. The van der Waals surface area contributed by atoms with Gasteiger partial charge in [0.25, 0.3) is 0 Å². The molecule has 6 rings (SSSR count). The van der Waals surface area contributed by atoms with E-state index in [9.17, 15) is 4.79 Å². The summed E-state index contributed by atoms with van der Waals surface area (Å²) >= 11 is 0. The lowest BCUT2D eigenvalue weighted by atomic mass is 9.84. The molecule has 0 saturated carbocycles. The molecule has 0 aromatic rings. The minimum atomic E-state index is 0.0483. The van der Waals surface area contributed by atoms with Crippen molar-refractivity contribution >= 4 is 5.97 Å². The molecule has 6 heteroatoms. The van der Waals surface area contributed by atoms with E-state index in [1.807, 2.05) is 0 Å². The molecule has 0 aliphatic carbocycles. The first-order valence-electron chi connectivity index (χ1n) is 8.47. The van der Waals surface area contributed by atoms with E-state index in [0.717, 1.165) is 65.0 Å². The van der Waals surface area contributed by atoms with E-state index in [1.165, 1.54) is 0 Å². The van der Waals surface area contributed by atoms with Crippen LogP contribution in [-0.4, -0.2) is 61.4 Å². The Morgan fingerprint density at radius 3 is 2.38 bits per heavy atom. The third kappa shape index (κ3) is 2.82. The molecule has 0 spiro atoms. The van der Waals surface area contributed by atoms with Crippen LogP contribution >= 0.6 is 0 Å². The zero-order valence-electron chi connectivity index (χ0n) is 12.6. The number of hydrogen-bond acceptors (Lipinski definition) is 6. The quantitative estimate of drug-likeness (QED) is 0.698. The van der Waals surface area contributed by atoms with E-state index in [1.54, 1.807) is 0 Å². The molecule has 6 nitrogen and oxygen atoms in total. The summed E-state index contributed by atoms with van der Waals surface area (Å²) in [5.74, 6) is 1.16. The van der Waals surface area contributed by atoms with Gasteiger partial charge in [-0.15, -0.1) is 0 Å². The highest BCUT2D eigenvalue weighted by Gasteiger charge is 2.40. The van der Waals surface area contributed by atoms with Crippen molar-refractivity contribution in [3.63, 3.8) is 0 Å². The van der Waals surface area contributed by atoms with Crippen molar-refractivity contribution in [1.82, 2.24) is 20.9 Å². The highest BCUT2D eigenvalue weighted by molar-refractivity contribution is 5.73. The molecule has 6 aliphatic heterocycles. The summed E-state index contributed by atoms with van der Waals surface area (Å²) in [5.41, 5.74) is 6.82. The molecule has 6 aliphatic rings.